The van der Waals surface area contributed by atoms with Crippen molar-refractivity contribution in [3.8, 4) is 0 Å². The molecule has 0 saturated heterocycles. The van der Waals surface area contributed by atoms with Crippen LogP contribution in [0.1, 0.15) is 106 Å². The van der Waals surface area contributed by atoms with Crippen LogP contribution in [0.2, 0.25) is 0 Å². The van der Waals surface area contributed by atoms with E-state index < -0.39 is 7.75 Å². The van der Waals surface area contributed by atoms with Gasteiger partial charge >= 0.3 is 5.97 Å². The fourth-order valence-electron chi connectivity index (χ4n) is 4.11. The second-order valence-corrected chi connectivity index (χ2v) is 12.0. The van der Waals surface area contributed by atoms with Gasteiger partial charge in [-0.05, 0) is 25.0 Å². The van der Waals surface area contributed by atoms with Gasteiger partial charge in [-0.1, -0.05) is 89.2 Å². The summed E-state index contributed by atoms with van der Waals surface area (Å²) in [5, 5.41) is 2.12. The van der Waals surface area contributed by atoms with Crippen LogP contribution in [-0.2, 0) is 15.8 Å². The van der Waals surface area contributed by atoms with E-state index in [1.165, 1.54) is 63.4 Å². The van der Waals surface area contributed by atoms with Crippen molar-refractivity contribution in [2.24, 2.45) is 0 Å². The van der Waals surface area contributed by atoms with Crippen molar-refractivity contribution in [2.75, 3.05) is 34.3 Å². The Balaban J connectivity index is 1.87. The molecule has 1 atom stereocenters. The van der Waals surface area contributed by atoms with Gasteiger partial charge in [0.1, 0.15) is 6.54 Å². The molecule has 1 aromatic rings. The lowest BCUT2D eigenvalue weighted by atomic mass is 10.0. The molecule has 35 heavy (non-hydrogen) atoms. The summed E-state index contributed by atoms with van der Waals surface area (Å²) in [6.45, 7) is 1.75. The van der Waals surface area contributed by atoms with Crippen LogP contribution in [0.15, 0.2) is 24.3 Å². The summed E-state index contributed by atoms with van der Waals surface area (Å²) >= 11 is 0. The third-order valence-corrected chi connectivity index (χ3v) is 6.59. The first-order valence-electron chi connectivity index (χ1n) is 13.4. The van der Waals surface area contributed by atoms with Gasteiger partial charge in [0.2, 0.25) is 7.75 Å². The second kappa shape index (κ2) is 18.1. The highest BCUT2D eigenvalue weighted by molar-refractivity contribution is 7.48. The first-order chi connectivity index (χ1) is 16.6. The van der Waals surface area contributed by atoms with Crippen molar-refractivity contribution >= 4 is 13.7 Å². The Hall–Kier alpha value is -1.24. The molecule has 0 aliphatic rings. The smallest absolute Gasteiger partial charge is 0.338 e. The van der Waals surface area contributed by atoms with Gasteiger partial charge in [-0.15, -0.1) is 0 Å². The Kier molecular flexibility index (Phi) is 16.4. The highest BCUT2D eigenvalue weighted by Crippen LogP contribution is 2.21. The Morgan fingerprint density at radius 2 is 1.26 bits per heavy atom. The Bertz CT molecular complexity index is 728. The number of carbonyl (C=O) groups excluding carboxylic acids is 1. The quantitative estimate of drug-likeness (QED) is 0.0968. The lowest BCUT2D eigenvalue weighted by molar-refractivity contribution is -0.884. The van der Waals surface area contributed by atoms with Gasteiger partial charge < -0.3 is 19.0 Å². The molecule has 0 aliphatic carbocycles. The molecule has 0 amide bonds. The summed E-state index contributed by atoms with van der Waals surface area (Å²) in [5.41, 5.74) is 1.85. The predicted molar refractivity (Wildman–Crippen MR) is 141 cm³/mol. The summed E-state index contributed by atoms with van der Waals surface area (Å²) in [5.74, 6) is -0.226. The third kappa shape index (κ3) is 19.6. The number of nitrogens with zero attached hydrogens (tertiary/aromatic N) is 1. The first kappa shape index (κ1) is 31.8. The zero-order valence-electron chi connectivity index (χ0n) is 22.3. The summed E-state index contributed by atoms with van der Waals surface area (Å²) < 4.78 is 16.8. The summed E-state index contributed by atoms with van der Waals surface area (Å²) in [4.78, 5) is 31.3. The van der Waals surface area contributed by atoms with Crippen LogP contribution < -0.4 is 9.98 Å². The number of benzene rings is 1. The number of rotatable bonds is 21. The minimum absolute atomic E-state index is 0.226. The average molecular weight is 513 g/mol. The molecular formula is C27H49N2O5P. The van der Waals surface area contributed by atoms with E-state index in [1.54, 1.807) is 0 Å². The minimum Gasteiger partial charge on any atom is -0.766 e. The molecule has 202 valence electrons. The van der Waals surface area contributed by atoms with E-state index in [2.05, 4.69) is 26.2 Å². The Morgan fingerprint density at radius 3 is 1.69 bits per heavy atom. The van der Waals surface area contributed by atoms with Gasteiger partial charge in [0.05, 0.1) is 33.3 Å². The lowest BCUT2D eigenvalue weighted by Crippen LogP contribution is -2.33. The monoisotopic (exact) mass is 512 g/mol. The maximum absolute atomic E-state index is 12.2. The molecule has 7 nitrogen and oxygen atoms in total. The van der Waals surface area contributed by atoms with Gasteiger partial charge in [-0.3, -0.25) is 9.65 Å². The van der Waals surface area contributed by atoms with Crippen LogP contribution >= 0.6 is 7.75 Å². The number of hydrogen-bond donors (Lipinski definition) is 2. The fraction of sp³-hybridized carbons (Fsp3) is 0.741. The normalized spacial score (nSPS) is 13.5. The molecule has 1 rings (SSSR count). The standard InChI is InChI=1S/C27H49N2O5P/c1-29(2,3)24-25-18-20-26(21-19-25)27(30)34-23-17-15-13-11-9-7-5-4-6-8-10-12-14-16-22-28-35(31,32)33/h18-21H,4-17,22-24H2,1-3H3,(H2-,28,31,32,33). The van der Waals surface area contributed by atoms with E-state index in [9.17, 15) is 14.3 Å². The van der Waals surface area contributed by atoms with Crippen molar-refractivity contribution in [2.45, 2.75) is 96.4 Å². The van der Waals surface area contributed by atoms with Crippen LogP contribution in [-0.4, -0.2) is 49.6 Å². The van der Waals surface area contributed by atoms with Crippen LogP contribution in [0.3, 0.4) is 0 Å². The summed E-state index contributed by atoms with van der Waals surface area (Å²) in [7, 11) is 2.15. The number of unbranched alkanes of at least 4 members (excludes halogenated alkanes) is 13. The van der Waals surface area contributed by atoms with E-state index in [4.69, 9.17) is 9.63 Å². The number of nitrogens with one attached hydrogen (secondary N) is 1. The van der Waals surface area contributed by atoms with Crippen LogP contribution in [0.25, 0.3) is 0 Å². The van der Waals surface area contributed by atoms with Gasteiger partial charge in [-0.2, -0.15) is 0 Å². The highest BCUT2D eigenvalue weighted by Gasteiger charge is 2.11. The molecule has 0 spiro atoms. The molecule has 0 aromatic heterocycles. The van der Waals surface area contributed by atoms with E-state index in [0.717, 1.165) is 43.1 Å². The number of hydrogen-bond acceptors (Lipinski definition) is 4. The highest BCUT2D eigenvalue weighted by atomic mass is 31.2. The molecule has 0 bridgehead atoms. The van der Waals surface area contributed by atoms with E-state index >= 15 is 0 Å². The van der Waals surface area contributed by atoms with E-state index in [0.29, 0.717) is 18.7 Å². The largest absolute Gasteiger partial charge is 0.766 e. The predicted octanol–water partition coefficient (Wildman–Crippen LogP) is 5.56. The molecule has 1 unspecified atom stereocenters. The second-order valence-electron chi connectivity index (χ2n) is 10.7. The van der Waals surface area contributed by atoms with Crippen molar-refractivity contribution in [3.63, 3.8) is 0 Å². The minimum atomic E-state index is -4.29. The Labute approximate surface area is 213 Å². The number of ether oxygens (including phenoxy) is 1. The van der Waals surface area contributed by atoms with Crippen LogP contribution in [0.4, 0.5) is 0 Å². The molecule has 0 saturated carbocycles. The van der Waals surface area contributed by atoms with Gasteiger partial charge in [-0.25, -0.2) is 4.79 Å². The maximum atomic E-state index is 12.2. The van der Waals surface area contributed by atoms with Crippen molar-refractivity contribution in [3.05, 3.63) is 35.4 Å². The number of esters is 1. The molecule has 0 radical (unpaired) electrons. The summed E-state index contributed by atoms with van der Waals surface area (Å²) in [6, 6.07) is 7.75. The molecule has 2 N–H and O–H groups in total. The average Bonchev–Trinajstić information content (AvgIpc) is 2.76. The number of carbonyl (C=O) groups is 1. The van der Waals surface area contributed by atoms with Crippen molar-refractivity contribution < 1.29 is 28.4 Å². The van der Waals surface area contributed by atoms with Gasteiger partial charge in [0.25, 0.3) is 0 Å². The zero-order chi connectivity index (χ0) is 26.0. The number of quaternary nitrogens is 1. The topological polar surface area (TPSA) is 98.7 Å². The van der Waals surface area contributed by atoms with Gasteiger partial charge in [0.15, 0.2) is 0 Å². The van der Waals surface area contributed by atoms with Gasteiger partial charge in [0, 0.05) is 12.1 Å². The SMILES string of the molecule is C[N+](C)(C)Cc1ccc(C(=O)OCCCCCCCCCCCCCCCCNP(=O)([O-])O)cc1. The lowest BCUT2D eigenvalue weighted by Gasteiger charge is -2.23. The van der Waals surface area contributed by atoms with Crippen LogP contribution in [0.5, 0.6) is 0 Å². The van der Waals surface area contributed by atoms with Crippen molar-refractivity contribution in [1.29, 1.82) is 0 Å². The van der Waals surface area contributed by atoms with Crippen LogP contribution in [0, 0.1) is 0 Å². The molecule has 8 heteroatoms. The molecular weight excluding hydrogens is 463 g/mol. The zero-order valence-corrected chi connectivity index (χ0v) is 23.2. The molecule has 0 heterocycles. The molecule has 0 fully saturated rings. The molecule has 1 aromatic carbocycles. The maximum Gasteiger partial charge on any atom is 0.338 e. The van der Waals surface area contributed by atoms with Crippen molar-refractivity contribution in [1.82, 2.24) is 5.09 Å². The Morgan fingerprint density at radius 1 is 0.829 bits per heavy atom. The van der Waals surface area contributed by atoms with E-state index in [-0.39, 0.29) is 5.97 Å². The fourth-order valence-corrected chi connectivity index (χ4v) is 4.55. The van der Waals surface area contributed by atoms with E-state index in [1.807, 2.05) is 24.3 Å². The third-order valence-electron chi connectivity index (χ3n) is 5.96. The summed E-state index contributed by atoms with van der Waals surface area (Å²) in [6.07, 6.45) is 16.2. The molecule has 0 aliphatic heterocycles. The first-order valence-corrected chi connectivity index (χ1v) is 15.0.